The third kappa shape index (κ3) is 3.42. The number of nitrogens with zero attached hydrogens (tertiary/aromatic N) is 4. The van der Waals surface area contributed by atoms with E-state index in [9.17, 15) is 0 Å². The molecule has 4 nitrogen and oxygen atoms in total. The van der Waals surface area contributed by atoms with Gasteiger partial charge in [-0.2, -0.15) is 0 Å². The predicted molar refractivity (Wildman–Crippen MR) is 94.3 cm³/mol. The Morgan fingerprint density at radius 2 is 2.00 bits per heavy atom. The van der Waals surface area contributed by atoms with Crippen molar-refractivity contribution < 1.29 is 0 Å². The van der Waals surface area contributed by atoms with Crippen molar-refractivity contribution in [3.63, 3.8) is 0 Å². The Labute approximate surface area is 137 Å². The van der Waals surface area contributed by atoms with E-state index in [4.69, 9.17) is 4.98 Å². The van der Waals surface area contributed by atoms with Crippen molar-refractivity contribution in [2.24, 2.45) is 7.05 Å². The molecule has 3 rings (SSSR count). The summed E-state index contributed by atoms with van der Waals surface area (Å²) in [6.07, 6.45) is 2.84. The lowest BCUT2D eigenvalue weighted by molar-refractivity contribution is 0.239. The molecule has 0 fully saturated rings. The number of benzene rings is 1. The van der Waals surface area contributed by atoms with E-state index >= 15 is 0 Å². The zero-order chi connectivity index (χ0) is 16.4. The average Bonchev–Trinajstić information content (AvgIpc) is 2.84. The highest BCUT2D eigenvalue weighted by Crippen LogP contribution is 2.16. The molecule has 3 aromatic rings. The van der Waals surface area contributed by atoms with E-state index in [1.165, 1.54) is 11.1 Å². The second-order valence-corrected chi connectivity index (χ2v) is 6.37. The van der Waals surface area contributed by atoms with Gasteiger partial charge in [-0.05, 0) is 50.7 Å². The number of imidazole rings is 1. The van der Waals surface area contributed by atoms with Gasteiger partial charge in [0.05, 0.1) is 17.6 Å². The Hall–Kier alpha value is -2.20. The van der Waals surface area contributed by atoms with Crippen LogP contribution in [0.25, 0.3) is 11.0 Å². The smallest absolute Gasteiger partial charge is 0.123 e. The molecule has 0 amide bonds. The second kappa shape index (κ2) is 6.50. The second-order valence-electron chi connectivity index (χ2n) is 6.37. The van der Waals surface area contributed by atoms with Crippen LogP contribution < -0.4 is 0 Å². The number of fused-ring (bicyclic) bond motifs is 1. The molecule has 1 aromatic carbocycles. The molecule has 23 heavy (non-hydrogen) atoms. The van der Waals surface area contributed by atoms with Crippen molar-refractivity contribution in [3.8, 4) is 0 Å². The Bertz CT molecular complexity index is 806. The summed E-state index contributed by atoms with van der Waals surface area (Å²) in [4.78, 5) is 11.6. The van der Waals surface area contributed by atoms with E-state index < -0.39 is 0 Å². The van der Waals surface area contributed by atoms with Gasteiger partial charge in [0.15, 0.2) is 0 Å². The van der Waals surface area contributed by atoms with Gasteiger partial charge in [-0.1, -0.05) is 12.1 Å². The number of hydrogen-bond donors (Lipinski definition) is 0. The molecule has 1 atom stereocenters. The fourth-order valence-corrected chi connectivity index (χ4v) is 2.88. The molecule has 0 N–H and O–H groups in total. The number of pyridine rings is 1. The minimum absolute atomic E-state index is 0.407. The van der Waals surface area contributed by atoms with Crippen molar-refractivity contribution >= 4 is 11.0 Å². The van der Waals surface area contributed by atoms with Crippen LogP contribution in [-0.4, -0.2) is 32.5 Å². The summed E-state index contributed by atoms with van der Waals surface area (Å²) in [6, 6.07) is 12.9. The highest BCUT2D eigenvalue weighted by Gasteiger charge is 2.15. The molecule has 0 saturated heterocycles. The van der Waals surface area contributed by atoms with Crippen molar-refractivity contribution in [2.75, 3.05) is 7.05 Å². The monoisotopic (exact) mass is 308 g/mol. The first-order valence-corrected chi connectivity index (χ1v) is 8.06. The SMILES string of the molecule is Cc1ccnc(CC(C)N(C)Cc2nc3ccccc3n2C)c1. The van der Waals surface area contributed by atoms with E-state index in [0.717, 1.165) is 30.0 Å². The van der Waals surface area contributed by atoms with Crippen molar-refractivity contribution in [1.82, 2.24) is 19.4 Å². The number of likely N-dealkylation sites (N-methyl/N-ethyl adjacent to an activating group) is 1. The van der Waals surface area contributed by atoms with E-state index in [0.29, 0.717) is 6.04 Å². The fourth-order valence-electron chi connectivity index (χ4n) is 2.88. The minimum atomic E-state index is 0.407. The molecule has 0 radical (unpaired) electrons. The van der Waals surface area contributed by atoms with Gasteiger partial charge < -0.3 is 4.57 Å². The number of para-hydroxylation sites is 2. The highest BCUT2D eigenvalue weighted by atomic mass is 15.2. The molecule has 2 heterocycles. The summed E-state index contributed by atoms with van der Waals surface area (Å²) in [5, 5.41) is 0. The summed E-state index contributed by atoms with van der Waals surface area (Å²) in [5.41, 5.74) is 4.66. The number of rotatable bonds is 5. The molecule has 0 aliphatic heterocycles. The fraction of sp³-hybridized carbons (Fsp3) is 0.368. The minimum Gasteiger partial charge on any atom is -0.330 e. The van der Waals surface area contributed by atoms with Crippen LogP contribution in [0.4, 0.5) is 0 Å². The molecule has 0 saturated carbocycles. The van der Waals surface area contributed by atoms with E-state index in [1.807, 2.05) is 18.3 Å². The van der Waals surface area contributed by atoms with Crippen LogP contribution in [0.5, 0.6) is 0 Å². The van der Waals surface area contributed by atoms with Gasteiger partial charge in [0.1, 0.15) is 5.82 Å². The van der Waals surface area contributed by atoms with Gasteiger partial charge in [0.2, 0.25) is 0 Å². The normalized spacial score (nSPS) is 12.9. The van der Waals surface area contributed by atoms with Crippen LogP contribution in [0.1, 0.15) is 24.0 Å². The summed E-state index contributed by atoms with van der Waals surface area (Å²) < 4.78 is 2.18. The lowest BCUT2D eigenvalue weighted by Gasteiger charge is -2.24. The molecule has 2 aromatic heterocycles. The van der Waals surface area contributed by atoms with Gasteiger partial charge >= 0.3 is 0 Å². The number of aromatic nitrogens is 3. The quantitative estimate of drug-likeness (QED) is 0.725. The molecular weight excluding hydrogens is 284 g/mol. The first-order chi connectivity index (χ1) is 11.0. The Morgan fingerprint density at radius 1 is 1.22 bits per heavy atom. The largest absolute Gasteiger partial charge is 0.330 e. The third-order valence-electron chi connectivity index (χ3n) is 4.50. The zero-order valence-electron chi connectivity index (χ0n) is 14.3. The zero-order valence-corrected chi connectivity index (χ0v) is 14.3. The number of aryl methyl sites for hydroxylation is 2. The molecule has 0 aliphatic rings. The third-order valence-corrected chi connectivity index (χ3v) is 4.50. The summed E-state index contributed by atoms with van der Waals surface area (Å²) in [7, 11) is 4.24. The molecule has 120 valence electrons. The summed E-state index contributed by atoms with van der Waals surface area (Å²) >= 11 is 0. The van der Waals surface area contributed by atoms with E-state index in [1.54, 1.807) is 0 Å². The van der Waals surface area contributed by atoms with E-state index in [2.05, 4.69) is 66.7 Å². The van der Waals surface area contributed by atoms with Crippen LogP contribution in [0.15, 0.2) is 42.6 Å². The van der Waals surface area contributed by atoms with Gasteiger partial charge in [-0.25, -0.2) is 4.98 Å². The van der Waals surface area contributed by atoms with E-state index in [-0.39, 0.29) is 0 Å². The topological polar surface area (TPSA) is 34.0 Å². The standard InChI is InChI=1S/C19H24N4/c1-14-9-10-20-16(11-14)12-15(2)22(3)13-19-21-17-7-5-6-8-18(17)23(19)4/h5-11,15H,12-13H2,1-4H3. The van der Waals surface area contributed by atoms with Crippen molar-refractivity contribution in [2.45, 2.75) is 32.9 Å². The summed E-state index contributed by atoms with van der Waals surface area (Å²) in [5.74, 6) is 1.10. The van der Waals surface area contributed by atoms with Crippen LogP contribution in [-0.2, 0) is 20.0 Å². The van der Waals surface area contributed by atoms with Crippen molar-refractivity contribution in [3.05, 3.63) is 59.7 Å². The lowest BCUT2D eigenvalue weighted by atomic mass is 10.1. The Morgan fingerprint density at radius 3 is 2.74 bits per heavy atom. The Balaban J connectivity index is 1.72. The average molecular weight is 308 g/mol. The molecular formula is C19H24N4. The summed E-state index contributed by atoms with van der Waals surface area (Å²) in [6.45, 7) is 5.18. The highest BCUT2D eigenvalue weighted by molar-refractivity contribution is 5.75. The molecule has 0 aliphatic carbocycles. The van der Waals surface area contributed by atoms with Crippen LogP contribution >= 0.6 is 0 Å². The van der Waals surface area contributed by atoms with Crippen molar-refractivity contribution in [1.29, 1.82) is 0 Å². The first kappa shape index (κ1) is 15.7. The number of hydrogen-bond acceptors (Lipinski definition) is 3. The molecule has 1 unspecified atom stereocenters. The maximum Gasteiger partial charge on any atom is 0.123 e. The van der Waals surface area contributed by atoms with Crippen LogP contribution in [0.3, 0.4) is 0 Å². The maximum atomic E-state index is 4.76. The van der Waals surface area contributed by atoms with Gasteiger partial charge in [0, 0.05) is 31.4 Å². The Kier molecular flexibility index (Phi) is 4.44. The molecule has 0 spiro atoms. The first-order valence-electron chi connectivity index (χ1n) is 8.06. The van der Waals surface area contributed by atoms with Gasteiger partial charge in [-0.15, -0.1) is 0 Å². The van der Waals surface area contributed by atoms with Gasteiger partial charge in [0.25, 0.3) is 0 Å². The van der Waals surface area contributed by atoms with Crippen LogP contribution in [0, 0.1) is 6.92 Å². The molecule has 4 heteroatoms. The predicted octanol–water partition coefficient (Wildman–Crippen LogP) is 3.34. The van der Waals surface area contributed by atoms with Crippen LogP contribution in [0.2, 0.25) is 0 Å². The lowest BCUT2D eigenvalue weighted by Crippen LogP contribution is -2.31. The molecule has 0 bridgehead atoms. The van der Waals surface area contributed by atoms with Gasteiger partial charge in [-0.3, -0.25) is 9.88 Å². The maximum absolute atomic E-state index is 4.76.